The maximum atomic E-state index is 14.1. The SMILES string of the molecule is C=CC[C@]1(C)CC(c2cccc(Cl)c2)C(c2ccc(Cl)cc2)N([C@@H](CC)C(=O)OCC)C1=O. The van der Waals surface area contributed by atoms with Crippen LogP contribution in [0.3, 0.4) is 0 Å². The first kappa shape index (κ1) is 25.3. The number of halogens is 2. The van der Waals surface area contributed by atoms with Crippen molar-refractivity contribution in [3.63, 3.8) is 0 Å². The third-order valence-corrected chi connectivity index (χ3v) is 6.95. The minimum absolute atomic E-state index is 0.0690. The van der Waals surface area contributed by atoms with Gasteiger partial charge in [-0.15, -0.1) is 6.58 Å². The Morgan fingerprint density at radius 1 is 1.18 bits per heavy atom. The summed E-state index contributed by atoms with van der Waals surface area (Å²) >= 11 is 12.5. The number of esters is 1. The molecule has 1 aliphatic rings. The van der Waals surface area contributed by atoms with Crippen molar-refractivity contribution in [2.45, 2.75) is 58.0 Å². The Hall–Kier alpha value is -2.30. The van der Waals surface area contributed by atoms with Crippen molar-refractivity contribution in [1.82, 2.24) is 4.90 Å². The molecule has 0 saturated carbocycles. The highest BCUT2D eigenvalue weighted by atomic mass is 35.5. The van der Waals surface area contributed by atoms with Crippen LogP contribution in [0.4, 0.5) is 0 Å². The lowest BCUT2D eigenvalue weighted by atomic mass is 9.67. The van der Waals surface area contributed by atoms with Crippen molar-refractivity contribution in [2.75, 3.05) is 6.61 Å². The molecule has 0 aliphatic carbocycles. The molecule has 0 N–H and O–H groups in total. The molecule has 176 valence electrons. The Kier molecular flexibility index (Phi) is 8.25. The van der Waals surface area contributed by atoms with Crippen LogP contribution < -0.4 is 0 Å². The number of likely N-dealkylation sites (tertiary alicyclic amines) is 1. The van der Waals surface area contributed by atoms with E-state index in [0.29, 0.717) is 29.3 Å². The first-order valence-corrected chi connectivity index (χ1v) is 12.1. The van der Waals surface area contributed by atoms with Gasteiger partial charge in [0.1, 0.15) is 6.04 Å². The summed E-state index contributed by atoms with van der Waals surface area (Å²) in [5, 5.41) is 1.24. The van der Waals surface area contributed by atoms with Gasteiger partial charge < -0.3 is 9.64 Å². The van der Waals surface area contributed by atoms with Gasteiger partial charge in [-0.1, -0.05) is 67.4 Å². The molecule has 0 aromatic heterocycles. The van der Waals surface area contributed by atoms with Gasteiger partial charge in [-0.25, -0.2) is 4.79 Å². The Balaban J connectivity index is 2.24. The van der Waals surface area contributed by atoms with Crippen molar-refractivity contribution in [3.05, 3.63) is 82.4 Å². The molecule has 0 spiro atoms. The van der Waals surface area contributed by atoms with Crippen LogP contribution in [0.15, 0.2) is 61.2 Å². The quantitative estimate of drug-likeness (QED) is 0.298. The lowest BCUT2D eigenvalue weighted by Gasteiger charge is -2.51. The summed E-state index contributed by atoms with van der Waals surface area (Å²) in [5.74, 6) is -0.545. The molecule has 1 amide bonds. The van der Waals surface area contributed by atoms with E-state index in [2.05, 4.69) is 6.58 Å². The number of allylic oxidation sites excluding steroid dienone is 1. The van der Waals surface area contributed by atoms with Crippen LogP contribution in [0.25, 0.3) is 0 Å². The number of benzene rings is 2. The molecule has 2 aromatic carbocycles. The summed E-state index contributed by atoms with van der Waals surface area (Å²) in [6.45, 7) is 9.78. The van der Waals surface area contributed by atoms with Crippen molar-refractivity contribution >= 4 is 35.1 Å². The molecule has 4 nitrogen and oxygen atoms in total. The maximum Gasteiger partial charge on any atom is 0.328 e. The highest BCUT2D eigenvalue weighted by molar-refractivity contribution is 6.30. The third kappa shape index (κ3) is 5.28. The number of ether oxygens (including phenoxy) is 1. The molecule has 6 heteroatoms. The first-order chi connectivity index (χ1) is 15.8. The zero-order valence-electron chi connectivity index (χ0n) is 19.4. The van der Waals surface area contributed by atoms with Crippen molar-refractivity contribution in [3.8, 4) is 0 Å². The van der Waals surface area contributed by atoms with E-state index in [1.54, 1.807) is 17.9 Å². The number of nitrogens with zero attached hydrogens (tertiary/aromatic N) is 1. The van der Waals surface area contributed by atoms with Crippen LogP contribution in [-0.4, -0.2) is 29.4 Å². The van der Waals surface area contributed by atoms with E-state index in [9.17, 15) is 9.59 Å². The van der Waals surface area contributed by atoms with Gasteiger partial charge in [-0.3, -0.25) is 4.79 Å². The van der Waals surface area contributed by atoms with E-state index in [0.717, 1.165) is 11.1 Å². The molecule has 1 heterocycles. The van der Waals surface area contributed by atoms with Gasteiger partial charge in [-0.2, -0.15) is 0 Å². The van der Waals surface area contributed by atoms with E-state index in [1.165, 1.54) is 0 Å². The second-order valence-corrected chi connectivity index (χ2v) is 9.68. The monoisotopic (exact) mass is 487 g/mol. The molecule has 33 heavy (non-hydrogen) atoms. The normalized spacial score (nSPS) is 23.8. The Labute approximate surface area is 206 Å². The number of carbonyl (C=O) groups excluding carboxylic acids is 2. The predicted molar refractivity (Wildman–Crippen MR) is 133 cm³/mol. The highest BCUT2D eigenvalue weighted by Crippen LogP contribution is 2.52. The zero-order valence-corrected chi connectivity index (χ0v) is 20.9. The minimum atomic E-state index is -0.711. The lowest BCUT2D eigenvalue weighted by molar-refractivity contribution is -0.166. The molecule has 2 unspecified atom stereocenters. The van der Waals surface area contributed by atoms with E-state index < -0.39 is 11.5 Å². The fraction of sp³-hybridized carbons (Fsp3) is 0.407. The second kappa shape index (κ2) is 10.8. The Morgan fingerprint density at radius 3 is 2.45 bits per heavy atom. The largest absolute Gasteiger partial charge is 0.464 e. The van der Waals surface area contributed by atoms with E-state index >= 15 is 0 Å². The zero-order chi connectivity index (χ0) is 24.2. The lowest BCUT2D eigenvalue weighted by Crippen LogP contribution is -2.57. The third-order valence-electron chi connectivity index (χ3n) is 6.47. The molecule has 0 bridgehead atoms. The van der Waals surface area contributed by atoms with Gasteiger partial charge in [0.25, 0.3) is 0 Å². The molecular weight excluding hydrogens is 457 g/mol. The summed E-state index contributed by atoms with van der Waals surface area (Å²) in [5.41, 5.74) is 1.23. The number of hydrogen-bond donors (Lipinski definition) is 0. The predicted octanol–water partition coefficient (Wildman–Crippen LogP) is 6.97. The minimum Gasteiger partial charge on any atom is -0.464 e. The molecule has 3 rings (SSSR count). The summed E-state index contributed by atoms with van der Waals surface area (Å²) in [7, 11) is 0. The molecule has 1 aliphatic heterocycles. The molecule has 0 radical (unpaired) electrons. The van der Waals surface area contributed by atoms with Crippen LogP contribution in [0.1, 0.15) is 63.1 Å². The number of amides is 1. The summed E-state index contributed by atoms with van der Waals surface area (Å²) in [6, 6.07) is 14.2. The van der Waals surface area contributed by atoms with Gasteiger partial charge >= 0.3 is 5.97 Å². The van der Waals surface area contributed by atoms with Crippen molar-refractivity contribution < 1.29 is 14.3 Å². The average molecular weight is 488 g/mol. The number of hydrogen-bond acceptors (Lipinski definition) is 3. The molecule has 1 saturated heterocycles. The highest BCUT2D eigenvalue weighted by Gasteiger charge is 2.52. The van der Waals surface area contributed by atoms with Gasteiger partial charge in [0.2, 0.25) is 5.91 Å². The van der Waals surface area contributed by atoms with Crippen LogP contribution in [0, 0.1) is 5.41 Å². The summed E-state index contributed by atoms with van der Waals surface area (Å²) in [4.78, 5) is 28.8. The smallest absolute Gasteiger partial charge is 0.328 e. The Bertz CT molecular complexity index is 1010. The number of piperidine rings is 1. The van der Waals surface area contributed by atoms with Crippen LogP contribution in [0.5, 0.6) is 0 Å². The molecule has 4 atom stereocenters. The van der Waals surface area contributed by atoms with Gasteiger partial charge in [0.05, 0.1) is 18.1 Å². The number of carbonyl (C=O) groups is 2. The van der Waals surface area contributed by atoms with Gasteiger partial charge in [0, 0.05) is 16.0 Å². The van der Waals surface area contributed by atoms with Gasteiger partial charge in [0.15, 0.2) is 0 Å². The van der Waals surface area contributed by atoms with Crippen LogP contribution in [-0.2, 0) is 14.3 Å². The van der Waals surface area contributed by atoms with Crippen LogP contribution in [0.2, 0.25) is 10.0 Å². The second-order valence-electron chi connectivity index (χ2n) is 8.80. The van der Waals surface area contributed by atoms with Crippen molar-refractivity contribution in [2.24, 2.45) is 5.41 Å². The van der Waals surface area contributed by atoms with Gasteiger partial charge in [-0.05, 0) is 61.6 Å². The van der Waals surface area contributed by atoms with E-state index in [4.69, 9.17) is 27.9 Å². The van der Waals surface area contributed by atoms with E-state index in [-0.39, 0.29) is 30.4 Å². The standard InChI is InChI=1S/C27H31Cl2NO3/c1-5-15-27(4)17-22(19-9-8-10-21(29)16-19)24(18-11-13-20(28)14-12-18)30(26(27)32)23(6-2)25(31)33-7-3/h5,8-14,16,22-24H,1,6-7,15,17H2,2-4H3/t22?,23-,24?,27+/m0/s1. The fourth-order valence-corrected chi connectivity index (χ4v) is 5.27. The van der Waals surface area contributed by atoms with E-state index in [1.807, 2.05) is 62.4 Å². The summed E-state index contributed by atoms with van der Waals surface area (Å²) in [6.07, 6.45) is 3.33. The topological polar surface area (TPSA) is 46.6 Å². The Morgan fingerprint density at radius 2 is 1.88 bits per heavy atom. The van der Waals surface area contributed by atoms with Crippen LogP contribution >= 0.6 is 23.2 Å². The number of rotatable bonds is 8. The fourth-order valence-electron chi connectivity index (χ4n) is 4.95. The summed E-state index contributed by atoms with van der Waals surface area (Å²) < 4.78 is 5.39. The average Bonchev–Trinajstić information content (AvgIpc) is 2.78. The molecule has 1 fully saturated rings. The molecular formula is C27H31Cl2NO3. The molecule has 2 aromatic rings. The van der Waals surface area contributed by atoms with Crippen molar-refractivity contribution in [1.29, 1.82) is 0 Å². The maximum absolute atomic E-state index is 14.1. The first-order valence-electron chi connectivity index (χ1n) is 11.4.